The molecule has 4 heterocycles. The largest absolute Gasteiger partial charge is 0.383 e. The molecule has 0 aromatic carbocycles. The summed E-state index contributed by atoms with van der Waals surface area (Å²) in [4.78, 5) is 25.3. The van der Waals surface area contributed by atoms with Crippen LogP contribution in [0, 0.1) is 13.8 Å². The van der Waals surface area contributed by atoms with Gasteiger partial charge in [-0.25, -0.2) is 4.98 Å². The van der Waals surface area contributed by atoms with E-state index in [2.05, 4.69) is 14.9 Å². The Bertz CT molecular complexity index is 985. The maximum Gasteiger partial charge on any atom is 0.258 e. The Morgan fingerprint density at radius 3 is 2.73 bits per heavy atom. The summed E-state index contributed by atoms with van der Waals surface area (Å²) in [5.41, 5.74) is 1.72. The van der Waals surface area contributed by atoms with Gasteiger partial charge in [0, 0.05) is 43.0 Å². The van der Waals surface area contributed by atoms with E-state index in [1.807, 2.05) is 32.2 Å². The van der Waals surface area contributed by atoms with Gasteiger partial charge in [-0.05, 0) is 38.3 Å². The highest BCUT2D eigenvalue weighted by Crippen LogP contribution is 2.32. The van der Waals surface area contributed by atoms with Gasteiger partial charge in [-0.15, -0.1) is 11.3 Å². The van der Waals surface area contributed by atoms with Crippen molar-refractivity contribution >= 4 is 16.3 Å². The second-order valence-corrected chi connectivity index (χ2v) is 8.32. The van der Waals surface area contributed by atoms with E-state index in [1.54, 1.807) is 16.7 Å². The lowest BCUT2D eigenvalue weighted by atomic mass is 9.87. The van der Waals surface area contributed by atoms with E-state index in [9.17, 15) is 9.90 Å². The van der Waals surface area contributed by atoms with Crippen LogP contribution in [0.25, 0.3) is 4.96 Å². The zero-order chi connectivity index (χ0) is 18.3. The van der Waals surface area contributed by atoms with Crippen molar-refractivity contribution in [2.45, 2.75) is 38.8 Å². The Morgan fingerprint density at radius 1 is 1.27 bits per heavy atom. The van der Waals surface area contributed by atoms with Gasteiger partial charge in [-0.1, -0.05) is 6.07 Å². The highest BCUT2D eigenvalue weighted by atomic mass is 32.1. The molecule has 7 heteroatoms. The second kappa shape index (κ2) is 6.57. The molecule has 0 unspecified atom stereocenters. The van der Waals surface area contributed by atoms with Crippen LogP contribution in [0.4, 0.5) is 0 Å². The molecule has 0 radical (unpaired) electrons. The van der Waals surface area contributed by atoms with Crippen molar-refractivity contribution in [2.24, 2.45) is 0 Å². The zero-order valence-corrected chi connectivity index (χ0v) is 15.8. The van der Waals surface area contributed by atoms with Crippen LogP contribution >= 0.6 is 11.3 Å². The second-order valence-electron chi connectivity index (χ2n) is 7.11. The van der Waals surface area contributed by atoms with Crippen molar-refractivity contribution in [3.8, 4) is 0 Å². The molecule has 0 aliphatic carbocycles. The average molecular weight is 370 g/mol. The van der Waals surface area contributed by atoms with Crippen LogP contribution in [0.5, 0.6) is 0 Å². The number of thiazole rings is 1. The summed E-state index contributed by atoms with van der Waals surface area (Å²) >= 11 is 1.53. The lowest BCUT2D eigenvalue weighted by molar-refractivity contribution is -0.0313. The van der Waals surface area contributed by atoms with E-state index >= 15 is 0 Å². The molecular weight excluding hydrogens is 348 g/mol. The van der Waals surface area contributed by atoms with E-state index in [1.165, 1.54) is 11.3 Å². The number of aryl methyl sites for hydroxylation is 2. The van der Waals surface area contributed by atoms with Crippen LogP contribution < -0.4 is 5.56 Å². The van der Waals surface area contributed by atoms with Gasteiger partial charge in [0.1, 0.15) is 5.60 Å². The topological polar surface area (TPSA) is 70.7 Å². The zero-order valence-electron chi connectivity index (χ0n) is 15.0. The van der Waals surface area contributed by atoms with Crippen molar-refractivity contribution in [3.63, 3.8) is 0 Å². The summed E-state index contributed by atoms with van der Waals surface area (Å²) in [5, 5.41) is 10.9. The smallest absolute Gasteiger partial charge is 0.258 e. The molecule has 6 nitrogen and oxygen atoms in total. The first-order valence-corrected chi connectivity index (χ1v) is 9.61. The first kappa shape index (κ1) is 17.3. The first-order valence-electron chi connectivity index (χ1n) is 8.80. The van der Waals surface area contributed by atoms with Crippen molar-refractivity contribution in [1.82, 2.24) is 19.3 Å². The van der Waals surface area contributed by atoms with Crippen LogP contribution in [0.15, 0.2) is 35.4 Å². The number of piperidine rings is 1. The molecule has 1 saturated heterocycles. The quantitative estimate of drug-likeness (QED) is 0.766. The van der Waals surface area contributed by atoms with E-state index < -0.39 is 5.60 Å². The standard InChI is InChI=1S/C19H22N4O2S/c1-13-3-4-16(20-10-13)19(25)5-7-22(8-6-19)12-15-9-17(24)23-11-14(2)26-18(23)21-15/h3-4,9-11,25H,5-8,12H2,1-2H3. The number of likely N-dealkylation sites (tertiary alicyclic amines) is 1. The van der Waals surface area contributed by atoms with Crippen molar-refractivity contribution in [1.29, 1.82) is 0 Å². The maximum atomic E-state index is 12.2. The number of pyridine rings is 1. The molecular formula is C19H22N4O2S. The van der Waals surface area contributed by atoms with Crippen molar-refractivity contribution in [2.75, 3.05) is 13.1 Å². The maximum absolute atomic E-state index is 12.2. The average Bonchev–Trinajstić information content (AvgIpc) is 2.99. The fourth-order valence-corrected chi connectivity index (χ4v) is 4.30. The Kier molecular flexibility index (Phi) is 4.38. The molecule has 0 bridgehead atoms. The van der Waals surface area contributed by atoms with Gasteiger partial charge < -0.3 is 5.11 Å². The predicted molar refractivity (Wildman–Crippen MR) is 101 cm³/mol. The van der Waals surface area contributed by atoms with Crippen molar-refractivity contribution < 1.29 is 5.11 Å². The number of nitrogens with zero attached hydrogens (tertiary/aromatic N) is 4. The van der Waals surface area contributed by atoms with Crippen LogP contribution in [-0.2, 0) is 12.1 Å². The number of aromatic nitrogens is 3. The van der Waals surface area contributed by atoms with E-state index in [-0.39, 0.29) is 5.56 Å². The molecule has 0 saturated carbocycles. The van der Waals surface area contributed by atoms with Crippen LogP contribution in [-0.4, -0.2) is 37.5 Å². The Balaban J connectivity index is 1.47. The summed E-state index contributed by atoms with van der Waals surface area (Å²) in [7, 11) is 0. The minimum absolute atomic E-state index is 0.0354. The third-order valence-corrected chi connectivity index (χ3v) is 5.89. The molecule has 4 rings (SSSR count). The summed E-state index contributed by atoms with van der Waals surface area (Å²) in [6.45, 7) is 6.08. The molecule has 1 N–H and O–H groups in total. The van der Waals surface area contributed by atoms with Crippen LogP contribution in [0.1, 0.15) is 34.7 Å². The van der Waals surface area contributed by atoms with Crippen molar-refractivity contribution in [3.05, 3.63) is 62.8 Å². The summed E-state index contributed by atoms with van der Waals surface area (Å²) < 4.78 is 1.60. The molecule has 0 atom stereocenters. The lowest BCUT2D eigenvalue weighted by Crippen LogP contribution is -2.42. The molecule has 1 aliphatic rings. The summed E-state index contributed by atoms with van der Waals surface area (Å²) in [6.07, 6.45) is 4.88. The molecule has 3 aromatic heterocycles. The monoisotopic (exact) mass is 370 g/mol. The van der Waals surface area contributed by atoms with Crippen LogP contribution in [0.2, 0.25) is 0 Å². The molecule has 26 heavy (non-hydrogen) atoms. The lowest BCUT2D eigenvalue weighted by Gasteiger charge is -2.37. The van der Waals surface area contributed by atoms with Gasteiger partial charge in [0.05, 0.1) is 11.4 Å². The minimum Gasteiger partial charge on any atom is -0.383 e. The number of hydrogen-bond acceptors (Lipinski definition) is 6. The fraction of sp³-hybridized carbons (Fsp3) is 0.421. The van der Waals surface area contributed by atoms with Gasteiger partial charge in [-0.2, -0.15) is 0 Å². The van der Waals surface area contributed by atoms with Crippen LogP contribution in [0.3, 0.4) is 0 Å². The number of fused-ring (bicyclic) bond motifs is 1. The van der Waals surface area contributed by atoms with Gasteiger partial charge in [0.2, 0.25) is 0 Å². The number of aliphatic hydroxyl groups is 1. The SMILES string of the molecule is Cc1ccc(C2(O)CCN(Cc3cc(=O)n4cc(C)sc4n3)CC2)nc1. The molecule has 3 aromatic rings. The van der Waals surface area contributed by atoms with E-state index in [0.717, 1.165) is 39.9 Å². The summed E-state index contributed by atoms with van der Waals surface area (Å²) in [6, 6.07) is 5.52. The Hall–Kier alpha value is -2.09. The minimum atomic E-state index is -0.869. The van der Waals surface area contributed by atoms with Gasteiger partial charge in [-0.3, -0.25) is 19.1 Å². The van der Waals surface area contributed by atoms with Gasteiger partial charge >= 0.3 is 0 Å². The Labute approximate surface area is 155 Å². The van der Waals surface area contributed by atoms with E-state index in [4.69, 9.17) is 0 Å². The first-order chi connectivity index (χ1) is 12.4. The third kappa shape index (κ3) is 3.30. The predicted octanol–water partition coefficient (Wildman–Crippen LogP) is 2.25. The third-order valence-electron chi connectivity index (χ3n) is 4.99. The molecule has 0 amide bonds. The number of hydrogen-bond donors (Lipinski definition) is 1. The Morgan fingerprint density at radius 2 is 2.04 bits per heavy atom. The fourth-order valence-electron chi connectivity index (χ4n) is 3.45. The summed E-state index contributed by atoms with van der Waals surface area (Å²) in [5.74, 6) is 0. The molecule has 136 valence electrons. The molecule has 1 aliphatic heterocycles. The van der Waals surface area contributed by atoms with E-state index in [0.29, 0.717) is 19.4 Å². The highest BCUT2D eigenvalue weighted by molar-refractivity contribution is 7.16. The highest BCUT2D eigenvalue weighted by Gasteiger charge is 2.35. The number of rotatable bonds is 3. The molecule has 0 spiro atoms. The molecule has 1 fully saturated rings. The van der Waals surface area contributed by atoms with Gasteiger partial charge in [0.15, 0.2) is 4.96 Å². The normalized spacial score (nSPS) is 17.7. The van der Waals surface area contributed by atoms with Gasteiger partial charge in [0.25, 0.3) is 5.56 Å².